The Hall–Kier alpha value is -2.00. The topological polar surface area (TPSA) is 84.2 Å². The Morgan fingerprint density at radius 1 is 1.29 bits per heavy atom. The van der Waals surface area contributed by atoms with Crippen molar-refractivity contribution in [1.29, 1.82) is 5.26 Å². The Bertz CT molecular complexity index is 539. The van der Waals surface area contributed by atoms with Gasteiger partial charge in [0.25, 0.3) is 0 Å². The normalized spacial score (nSPS) is 23.9. The molecule has 112 valence electrons. The van der Waals surface area contributed by atoms with E-state index in [1.807, 2.05) is 6.07 Å². The zero-order valence-electron chi connectivity index (χ0n) is 11.8. The van der Waals surface area contributed by atoms with Crippen LogP contribution in [-0.4, -0.2) is 20.0 Å². The molecule has 6 heteroatoms. The molecular formula is C15H17NO4S. The maximum absolute atomic E-state index is 12.0. The fourth-order valence-electron chi connectivity index (χ4n) is 2.28. The van der Waals surface area contributed by atoms with Crippen LogP contribution in [0.1, 0.15) is 43.0 Å². The van der Waals surface area contributed by atoms with Gasteiger partial charge < -0.3 is 4.74 Å². The summed E-state index contributed by atoms with van der Waals surface area (Å²) in [7, 11) is 0. The molecule has 1 fully saturated rings. The number of carbonyl (C=O) groups excluding carboxylic acids is 1. The number of rotatable bonds is 2. The summed E-state index contributed by atoms with van der Waals surface area (Å²) in [5.74, 6) is 0.216. The van der Waals surface area contributed by atoms with Gasteiger partial charge in [0, 0.05) is 12.8 Å². The highest BCUT2D eigenvalue weighted by atomic mass is 32.1. The Morgan fingerprint density at radius 3 is 2.29 bits per heavy atom. The number of esters is 1. The minimum absolute atomic E-state index is 0.397. The van der Waals surface area contributed by atoms with Gasteiger partial charge in [-0.2, -0.15) is 13.7 Å². The Kier molecular flexibility index (Phi) is 6.76. The molecule has 0 bridgehead atoms. The third-order valence-corrected chi connectivity index (χ3v) is 3.58. The number of nitriles is 1. The zero-order valence-corrected chi connectivity index (χ0v) is 12.6. The average molecular weight is 307 g/mol. The maximum Gasteiger partial charge on any atom is 0.339 e. The first-order valence-electron chi connectivity index (χ1n) is 6.68. The number of benzene rings is 1. The van der Waals surface area contributed by atoms with Crippen LogP contribution in [0.3, 0.4) is 0 Å². The largest absolute Gasteiger partial charge is 0.440 e. The highest BCUT2D eigenvalue weighted by Crippen LogP contribution is 2.34. The van der Waals surface area contributed by atoms with Crippen molar-refractivity contribution in [2.45, 2.75) is 38.2 Å². The molecule has 1 aliphatic rings. The first-order chi connectivity index (χ1) is 10.1. The van der Waals surface area contributed by atoms with Crippen LogP contribution < -0.4 is 0 Å². The van der Waals surface area contributed by atoms with Gasteiger partial charge in [0.05, 0.1) is 5.56 Å². The maximum atomic E-state index is 12.0. The van der Waals surface area contributed by atoms with Crippen molar-refractivity contribution in [3.63, 3.8) is 0 Å². The summed E-state index contributed by atoms with van der Waals surface area (Å²) >= 11 is -0.750. The molecule has 0 atom stereocenters. The number of carbonyl (C=O) groups is 1. The van der Waals surface area contributed by atoms with Crippen LogP contribution >= 0.6 is 0 Å². The molecule has 0 radical (unpaired) electrons. The van der Waals surface area contributed by atoms with Crippen LogP contribution in [0.4, 0.5) is 0 Å². The molecule has 0 amide bonds. The van der Waals surface area contributed by atoms with Crippen molar-refractivity contribution in [2.24, 2.45) is 5.92 Å². The number of nitrogens with zero attached hydrogens (tertiary/aromatic N) is 1. The smallest absolute Gasteiger partial charge is 0.339 e. The molecule has 0 spiro atoms. The summed E-state index contributed by atoms with van der Waals surface area (Å²) < 4.78 is 22.0. The SMILES string of the molecule is CC1CCC(C#N)(OC(=O)c2ccccc2)CC1.O=S=O. The van der Waals surface area contributed by atoms with Crippen LogP contribution in [0.5, 0.6) is 0 Å². The Balaban J connectivity index is 0.000000677. The molecule has 1 aromatic rings. The summed E-state index contributed by atoms with van der Waals surface area (Å²) in [6, 6.07) is 11.0. The first-order valence-corrected chi connectivity index (χ1v) is 7.35. The molecule has 1 saturated carbocycles. The molecular weight excluding hydrogens is 290 g/mol. The third kappa shape index (κ3) is 5.12. The second-order valence-corrected chi connectivity index (χ2v) is 5.25. The molecule has 0 unspecified atom stereocenters. The van der Waals surface area contributed by atoms with Gasteiger partial charge in [-0.25, -0.2) is 4.79 Å². The molecule has 5 nitrogen and oxygen atoms in total. The van der Waals surface area contributed by atoms with E-state index in [0.29, 0.717) is 24.3 Å². The predicted octanol–water partition coefficient (Wildman–Crippen LogP) is 2.65. The summed E-state index contributed by atoms with van der Waals surface area (Å²) in [6.45, 7) is 2.17. The number of ether oxygens (including phenoxy) is 1. The number of hydrogen-bond acceptors (Lipinski definition) is 5. The first kappa shape index (κ1) is 17.1. The van der Waals surface area contributed by atoms with Gasteiger partial charge in [-0.3, -0.25) is 0 Å². The van der Waals surface area contributed by atoms with Crippen molar-refractivity contribution in [3.05, 3.63) is 35.9 Å². The van der Waals surface area contributed by atoms with E-state index in [-0.39, 0.29) is 0 Å². The Labute approximate surface area is 127 Å². The van der Waals surface area contributed by atoms with Crippen LogP contribution in [0.25, 0.3) is 0 Å². The quantitative estimate of drug-likeness (QED) is 0.784. The fraction of sp³-hybridized carbons (Fsp3) is 0.467. The third-order valence-electron chi connectivity index (χ3n) is 3.58. The molecule has 1 aliphatic carbocycles. The molecule has 0 aliphatic heterocycles. The van der Waals surface area contributed by atoms with E-state index in [1.165, 1.54) is 0 Å². The van der Waals surface area contributed by atoms with Gasteiger partial charge >= 0.3 is 17.5 Å². The van der Waals surface area contributed by atoms with Gasteiger partial charge in [-0.15, -0.1) is 0 Å². The molecule has 0 heterocycles. The second kappa shape index (κ2) is 8.32. The zero-order chi connectivity index (χ0) is 15.7. The highest BCUT2D eigenvalue weighted by molar-refractivity contribution is 7.51. The van der Waals surface area contributed by atoms with Gasteiger partial charge in [0.2, 0.25) is 0 Å². The van der Waals surface area contributed by atoms with E-state index >= 15 is 0 Å². The lowest BCUT2D eigenvalue weighted by molar-refractivity contribution is -0.0130. The van der Waals surface area contributed by atoms with E-state index in [4.69, 9.17) is 13.2 Å². The van der Waals surface area contributed by atoms with Gasteiger partial charge in [-0.1, -0.05) is 25.1 Å². The van der Waals surface area contributed by atoms with Gasteiger partial charge in [0.1, 0.15) is 6.07 Å². The van der Waals surface area contributed by atoms with E-state index in [1.54, 1.807) is 24.3 Å². The minimum Gasteiger partial charge on any atom is -0.440 e. The van der Waals surface area contributed by atoms with Crippen molar-refractivity contribution in [2.75, 3.05) is 0 Å². The predicted molar refractivity (Wildman–Crippen MR) is 76.8 cm³/mol. The van der Waals surface area contributed by atoms with Crippen molar-refractivity contribution in [3.8, 4) is 6.07 Å². The van der Waals surface area contributed by atoms with E-state index in [2.05, 4.69) is 13.0 Å². The van der Waals surface area contributed by atoms with Crippen molar-refractivity contribution >= 4 is 17.5 Å². The lowest BCUT2D eigenvalue weighted by Crippen LogP contribution is -2.37. The van der Waals surface area contributed by atoms with E-state index in [9.17, 15) is 10.1 Å². The fourth-order valence-corrected chi connectivity index (χ4v) is 2.28. The van der Waals surface area contributed by atoms with Crippen LogP contribution in [0, 0.1) is 17.2 Å². The monoisotopic (exact) mass is 307 g/mol. The lowest BCUT2D eigenvalue weighted by atomic mass is 9.80. The molecule has 21 heavy (non-hydrogen) atoms. The Morgan fingerprint density at radius 2 is 1.81 bits per heavy atom. The second-order valence-electron chi connectivity index (χ2n) is 5.11. The van der Waals surface area contributed by atoms with E-state index in [0.717, 1.165) is 12.8 Å². The minimum atomic E-state index is -0.917. The highest BCUT2D eigenvalue weighted by Gasteiger charge is 2.38. The molecule has 0 saturated heterocycles. The lowest BCUT2D eigenvalue weighted by Gasteiger charge is -2.33. The molecule has 2 rings (SSSR count). The average Bonchev–Trinajstić information content (AvgIpc) is 2.51. The van der Waals surface area contributed by atoms with Crippen molar-refractivity contribution in [1.82, 2.24) is 0 Å². The summed E-state index contributed by atoms with van der Waals surface area (Å²) in [4.78, 5) is 12.0. The number of hydrogen-bond donors (Lipinski definition) is 0. The van der Waals surface area contributed by atoms with Crippen LogP contribution in [0.15, 0.2) is 30.3 Å². The van der Waals surface area contributed by atoms with Crippen LogP contribution in [-0.2, 0) is 16.3 Å². The van der Waals surface area contributed by atoms with Crippen molar-refractivity contribution < 1.29 is 17.9 Å². The summed E-state index contributed by atoms with van der Waals surface area (Å²) in [5, 5.41) is 9.30. The van der Waals surface area contributed by atoms with Gasteiger partial charge in [0.15, 0.2) is 5.60 Å². The van der Waals surface area contributed by atoms with Gasteiger partial charge in [-0.05, 0) is 30.9 Å². The molecule has 0 N–H and O–H groups in total. The van der Waals surface area contributed by atoms with E-state index < -0.39 is 23.1 Å². The molecule has 1 aromatic carbocycles. The summed E-state index contributed by atoms with van der Waals surface area (Å²) in [5.41, 5.74) is -0.412. The molecule has 0 aromatic heterocycles. The standard InChI is InChI=1S/C15H17NO2.O2S/c1-12-7-9-15(11-16,10-8-12)18-14(17)13-5-3-2-4-6-13;1-3-2/h2-6,12H,7-10H2,1H3;. The van der Waals surface area contributed by atoms with Crippen LogP contribution in [0.2, 0.25) is 0 Å². The summed E-state index contributed by atoms with van der Waals surface area (Å²) in [6.07, 6.45) is 3.16.